The summed E-state index contributed by atoms with van der Waals surface area (Å²) in [6.07, 6.45) is 0.912. The van der Waals surface area contributed by atoms with Crippen molar-refractivity contribution in [3.8, 4) is 0 Å². The topological polar surface area (TPSA) is 54.0 Å². The second-order valence-corrected chi connectivity index (χ2v) is 4.71. The van der Waals surface area contributed by atoms with E-state index in [4.69, 9.17) is 0 Å². The van der Waals surface area contributed by atoms with E-state index in [1.54, 1.807) is 0 Å². The molecule has 1 aliphatic rings. The lowest BCUT2D eigenvalue weighted by Gasteiger charge is -2.26. The lowest BCUT2D eigenvalue weighted by atomic mass is 10.1. The number of rotatable bonds is 2. The summed E-state index contributed by atoms with van der Waals surface area (Å²) < 4.78 is 1.10. The number of anilines is 1. The highest BCUT2D eigenvalue weighted by atomic mass is 127. The number of halogens is 2. The van der Waals surface area contributed by atoms with Gasteiger partial charge in [0.25, 0.3) is 0 Å². The second kappa shape index (κ2) is 5.79. The fourth-order valence-electron chi connectivity index (χ4n) is 1.34. The van der Waals surface area contributed by atoms with E-state index in [0.29, 0.717) is 5.82 Å². The number of amides is 1. The Hall–Kier alpha value is -0.400. The largest absolute Gasteiger partial charge is 0.309 e. The molecule has 0 saturated carbocycles. The molecule has 1 aliphatic heterocycles. The number of nitrogens with zero attached hydrogens (tertiary/aromatic N) is 1. The molecule has 16 heavy (non-hydrogen) atoms. The van der Waals surface area contributed by atoms with Crippen LogP contribution < -0.4 is 10.6 Å². The highest BCUT2D eigenvalue weighted by molar-refractivity contribution is 14.1. The van der Waals surface area contributed by atoms with Crippen LogP contribution in [0.5, 0.6) is 0 Å². The van der Waals surface area contributed by atoms with Gasteiger partial charge in [0, 0.05) is 3.57 Å². The first-order chi connectivity index (χ1) is 7.16. The van der Waals surface area contributed by atoms with Crippen molar-refractivity contribution in [2.75, 3.05) is 11.9 Å². The van der Waals surface area contributed by atoms with Crippen molar-refractivity contribution >= 4 is 46.7 Å². The van der Waals surface area contributed by atoms with Crippen LogP contribution in [0.3, 0.4) is 0 Å². The Morgan fingerprint density at radius 1 is 1.62 bits per heavy atom. The zero-order chi connectivity index (χ0) is 10.8. The number of pyridine rings is 1. The zero-order valence-corrected chi connectivity index (χ0v) is 11.8. The van der Waals surface area contributed by atoms with Crippen molar-refractivity contribution < 1.29 is 4.79 Å². The molecule has 6 heteroatoms. The molecule has 2 heterocycles. The summed E-state index contributed by atoms with van der Waals surface area (Å²) in [7, 11) is 0. The van der Waals surface area contributed by atoms with Gasteiger partial charge in [-0.1, -0.05) is 0 Å². The average Bonchev–Trinajstić information content (AvgIpc) is 2.08. The summed E-state index contributed by atoms with van der Waals surface area (Å²) in [4.78, 5) is 15.9. The van der Waals surface area contributed by atoms with E-state index in [0.717, 1.165) is 22.2 Å². The Morgan fingerprint density at radius 2 is 2.31 bits per heavy atom. The van der Waals surface area contributed by atoms with E-state index in [1.807, 2.05) is 19.1 Å². The molecule has 1 aromatic rings. The van der Waals surface area contributed by atoms with Crippen LogP contribution in [0, 0.1) is 10.5 Å². The third-order valence-corrected chi connectivity index (χ3v) is 3.55. The maximum atomic E-state index is 11.6. The normalized spacial score (nSPS) is 18.2. The van der Waals surface area contributed by atoms with Crippen LogP contribution in [-0.2, 0) is 4.79 Å². The van der Waals surface area contributed by atoms with E-state index in [1.165, 1.54) is 0 Å². The van der Waals surface area contributed by atoms with Gasteiger partial charge in [-0.05, 0) is 54.6 Å². The Morgan fingerprint density at radius 3 is 2.81 bits per heavy atom. The van der Waals surface area contributed by atoms with E-state index < -0.39 is 0 Å². The van der Waals surface area contributed by atoms with Crippen LogP contribution in [0.1, 0.15) is 12.1 Å². The Kier molecular flexibility index (Phi) is 4.94. The monoisotopic (exact) mass is 353 g/mol. The zero-order valence-electron chi connectivity index (χ0n) is 8.79. The summed E-state index contributed by atoms with van der Waals surface area (Å²) in [6.45, 7) is 2.86. The van der Waals surface area contributed by atoms with Gasteiger partial charge < -0.3 is 10.6 Å². The third kappa shape index (κ3) is 3.05. The molecule has 88 valence electrons. The molecule has 0 spiro atoms. The lowest BCUT2D eigenvalue weighted by Crippen LogP contribution is -2.50. The van der Waals surface area contributed by atoms with Gasteiger partial charge in [0.2, 0.25) is 5.91 Å². The van der Waals surface area contributed by atoms with Crippen LogP contribution in [0.25, 0.3) is 0 Å². The van der Waals surface area contributed by atoms with Crippen molar-refractivity contribution in [1.82, 2.24) is 10.3 Å². The quantitative estimate of drug-likeness (QED) is 0.796. The maximum Gasteiger partial charge on any atom is 0.242 e. The number of carbonyl (C=O) groups is 1. The Bertz CT molecular complexity index is 396. The minimum absolute atomic E-state index is 0. The van der Waals surface area contributed by atoms with Gasteiger partial charge in [-0.2, -0.15) is 0 Å². The van der Waals surface area contributed by atoms with Crippen molar-refractivity contribution in [3.63, 3.8) is 0 Å². The molecule has 1 saturated heterocycles. The molecule has 0 aliphatic carbocycles. The summed E-state index contributed by atoms with van der Waals surface area (Å²) in [6, 6.07) is 3.74. The number of hydrogen-bond donors (Lipinski definition) is 2. The fourth-order valence-corrected chi connectivity index (χ4v) is 1.64. The fraction of sp³-hybridized carbons (Fsp3) is 0.400. The molecule has 1 amide bonds. The van der Waals surface area contributed by atoms with E-state index >= 15 is 0 Å². The second-order valence-electron chi connectivity index (χ2n) is 3.55. The molecule has 0 bridgehead atoms. The molecule has 2 rings (SSSR count). The van der Waals surface area contributed by atoms with Gasteiger partial charge in [-0.3, -0.25) is 4.79 Å². The predicted octanol–water partition coefficient (Wildman–Crippen LogP) is 1.72. The highest BCUT2D eigenvalue weighted by Gasteiger charge is 2.24. The SMILES string of the molecule is Cc1nc(NC(=O)[C@H]2CCN2)ccc1I.Cl. The van der Waals surface area contributed by atoms with Crippen LogP contribution in [0.15, 0.2) is 12.1 Å². The average molecular weight is 354 g/mol. The molecular weight excluding hydrogens is 340 g/mol. The highest BCUT2D eigenvalue weighted by Crippen LogP contribution is 2.13. The predicted molar refractivity (Wildman–Crippen MR) is 74.0 cm³/mol. The van der Waals surface area contributed by atoms with Crippen LogP contribution in [0.4, 0.5) is 5.82 Å². The molecule has 1 aromatic heterocycles. The number of nitrogens with one attached hydrogen (secondary N) is 2. The first-order valence-corrected chi connectivity index (χ1v) is 5.92. The van der Waals surface area contributed by atoms with Crippen molar-refractivity contribution in [1.29, 1.82) is 0 Å². The number of aryl methyl sites for hydroxylation is 1. The van der Waals surface area contributed by atoms with E-state index in [9.17, 15) is 4.79 Å². The van der Waals surface area contributed by atoms with Gasteiger partial charge >= 0.3 is 0 Å². The van der Waals surface area contributed by atoms with Crippen LogP contribution >= 0.6 is 35.0 Å². The van der Waals surface area contributed by atoms with E-state index in [2.05, 4.69) is 38.2 Å². The summed E-state index contributed by atoms with van der Waals surface area (Å²) >= 11 is 2.22. The molecule has 1 atom stereocenters. The van der Waals surface area contributed by atoms with Crippen molar-refractivity contribution in [2.45, 2.75) is 19.4 Å². The van der Waals surface area contributed by atoms with E-state index in [-0.39, 0.29) is 24.4 Å². The number of aromatic nitrogens is 1. The lowest BCUT2D eigenvalue weighted by molar-refractivity contribution is -0.119. The van der Waals surface area contributed by atoms with Crippen molar-refractivity contribution in [3.05, 3.63) is 21.4 Å². The number of carbonyl (C=O) groups excluding carboxylic acids is 1. The standard InChI is InChI=1S/C10H12IN3O.ClH/c1-6-7(11)2-3-9(13-6)14-10(15)8-4-5-12-8;/h2-3,8,12H,4-5H2,1H3,(H,13,14,15);1H/t8-;/m1./s1. The summed E-state index contributed by atoms with van der Waals surface area (Å²) in [5, 5.41) is 5.85. The maximum absolute atomic E-state index is 11.6. The Labute approximate surface area is 114 Å². The van der Waals surface area contributed by atoms with Gasteiger partial charge in [-0.25, -0.2) is 4.98 Å². The molecule has 0 aromatic carbocycles. The first-order valence-electron chi connectivity index (χ1n) is 4.84. The van der Waals surface area contributed by atoms with Crippen molar-refractivity contribution in [2.24, 2.45) is 0 Å². The molecule has 0 radical (unpaired) electrons. The molecule has 4 nitrogen and oxygen atoms in total. The molecule has 1 fully saturated rings. The summed E-state index contributed by atoms with van der Waals surface area (Å²) in [5.41, 5.74) is 0.940. The third-order valence-electron chi connectivity index (χ3n) is 2.41. The minimum atomic E-state index is -0.0358. The molecule has 0 unspecified atom stereocenters. The Balaban J connectivity index is 0.00000128. The van der Waals surface area contributed by atoms with Gasteiger partial charge in [-0.15, -0.1) is 12.4 Å². The van der Waals surface area contributed by atoms with Crippen LogP contribution in [0.2, 0.25) is 0 Å². The number of hydrogen-bond acceptors (Lipinski definition) is 3. The first kappa shape index (κ1) is 13.7. The molecule has 2 N–H and O–H groups in total. The minimum Gasteiger partial charge on any atom is -0.309 e. The van der Waals surface area contributed by atoms with Gasteiger partial charge in [0.05, 0.1) is 11.7 Å². The smallest absolute Gasteiger partial charge is 0.242 e. The summed E-state index contributed by atoms with van der Waals surface area (Å²) in [5.74, 6) is 0.640. The molecular formula is C10H13ClIN3O. The van der Waals surface area contributed by atoms with Gasteiger partial charge in [0.15, 0.2) is 0 Å². The van der Waals surface area contributed by atoms with Crippen LogP contribution in [-0.4, -0.2) is 23.5 Å². The van der Waals surface area contributed by atoms with Gasteiger partial charge in [0.1, 0.15) is 5.82 Å².